The molecule has 0 fully saturated rings. The van der Waals surface area contributed by atoms with Crippen molar-refractivity contribution in [2.75, 3.05) is 0 Å². The van der Waals surface area contributed by atoms with Crippen LogP contribution in [0.2, 0.25) is 0 Å². The predicted molar refractivity (Wildman–Crippen MR) is 49.0 cm³/mol. The maximum absolute atomic E-state index is 12.3. The number of halogens is 3. The van der Waals surface area contributed by atoms with E-state index in [1.165, 1.54) is 18.3 Å². The van der Waals surface area contributed by atoms with Crippen LogP contribution in [0.4, 0.5) is 13.2 Å². The number of alkyl halides is 3. The molecule has 0 aliphatic carbocycles. The van der Waals surface area contributed by atoms with Crippen LogP contribution in [0.25, 0.3) is 11.3 Å². The Morgan fingerprint density at radius 3 is 2.33 bits per heavy atom. The molecule has 0 aliphatic rings. The molecule has 15 heavy (non-hydrogen) atoms. The van der Waals surface area contributed by atoms with Crippen LogP contribution in [0.3, 0.4) is 0 Å². The number of imidazole rings is 1. The molecule has 0 aliphatic heterocycles. The molecule has 78 valence electrons. The Balaban J connectivity index is 2.33. The number of H-pyrrole nitrogens is 1. The molecule has 1 aromatic carbocycles. The first kappa shape index (κ1) is 8.52. The zero-order valence-electron chi connectivity index (χ0n) is 8.47. The molecule has 2 nitrogen and oxygen atoms in total. The van der Waals surface area contributed by atoms with Crippen molar-refractivity contribution >= 4 is 0 Å². The van der Waals surface area contributed by atoms with Gasteiger partial charge in [-0.25, -0.2) is 4.98 Å². The quantitative estimate of drug-likeness (QED) is 0.774. The number of rotatable bonds is 1. The Morgan fingerprint density at radius 1 is 1.20 bits per heavy atom. The molecule has 1 N–H and O–H groups in total. The molecule has 2 aromatic rings. The number of benzene rings is 1. The largest absolute Gasteiger partial charge is 0.416 e. The SMILES string of the molecule is [2H]c1ncc(-c2ccc(C(F)(F)F)cc2)[nH]1. The summed E-state index contributed by atoms with van der Waals surface area (Å²) in [4.78, 5) is 6.28. The van der Waals surface area contributed by atoms with Gasteiger partial charge in [-0.3, -0.25) is 0 Å². The summed E-state index contributed by atoms with van der Waals surface area (Å²) < 4.78 is 44.0. The van der Waals surface area contributed by atoms with Crippen LogP contribution in [0.15, 0.2) is 36.8 Å². The van der Waals surface area contributed by atoms with E-state index in [-0.39, 0.29) is 6.30 Å². The molecule has 0 bridgehead atoms. The van der Waals surface area contributed by atoms with Crippen molar-refractivity contribution in [3.8, 4) is 11.3 Å². The van der Waals surface area contributed by atoms with E-state index in [2.05, 4.69) is 9.97 Å². The van der Waals surface area contributed by atoms with Gasteiger partial charge in [0, 0.05) is 0 Å². The lowest BCUT2D eigenvalue weighted by Crippen LogP contribution is -2.03. The maximum Gasteiger partial charge on any atom is 0.416 e. The summed E-state index contributed by atoms with van der Waals surface area (Å²) in [6.07, 6.45) is -2.94. The van der Waals surface area contributed by atoms with Gasteiger partial charge in [-0.1, -0.05) is 12.1 Å². The Kier molecular flexibility index (Phi) is 1.94. The highest BCUT2D eigenvalue weighted by atomic mass is 19.4. The first-order valence-corrected chi connectivity index (χ1v) is 4.16. The summed E-state index contributed by atoms with van der Waals surface area (Å²) >= 11 is 0. The average molecular weight is 213 g/mol. The molecular weight excluding hydrogens is 205 g/mol. The lowest BCUT2D eigenvalue weighted by atomic mass is 10.1. The van der Waals surface area contributed by atoms with Crippen LogP contribution >= 0.6 is 0 Å². The first-order valence-electron chi connectivity index (χ1n) is 4.66. The minimum absolute atomic E-state index is 0.0186. The van der Waals surface area contributed by atoms with Gasteiger partial charge in [0.1, 0.15) is 1.37 Å². The fourth-order valence-corrected chi connectivity index (χ4v) is 1.21. The highest BCUT2D eigenvalue weighted by Gasteiger charge is 2.29. The fraction of sp³-hybridized carbons (Fsp3) is 0.100. The Bertz CT molecular complexity index is 488. The number of aromatic nitrogens is 2. The third-order valence-electron chi connectivity index (χ3n) is 1.97. The standard InChI is InChI=1S/C10H7F3N2/c11-10(12,13)8-3-1-7(2-4-8)9-5-14-6-15-9/h1-6H,(H,14,15)/i6D. The minimum atomic E-state index is -4.33. The maximum atomic E-state index is 12.3. The van der Waals surface area contributed by atoms with Gasteiger partial charge in [-0.15, -0.1) is 0 Å². The first-order chi connectivity index (χ1) is 7.47. The predicted octanol–water partition coefficient (Wildman–Crippen LogP) is 3.10. The average Bonchev–Trinajstić information content (AvgIpc) is 2.64. The van der Waals surface area contributed by atoms with Crippen molar-refractivity contribution in [1.29, 1.82) is 0 Å². The van der Waals surface area contributed by atoms with E-state index in [1.54, 1.807) is 0 Å². The van der Waals surface area contributed by atoms with E-state index in [9.17, 15) is 13.2 Å². The third-order valence-corrected chi connectivity index (χ3v) is 1.97. The molecule has 5 heteroatoms. The van der Waals surface area contributed by atoms with E-state index in [1.807, 2.05) is 0 Å². The van der Waals surface area contributed by atoms with Crippen LogP contribution < -0.4 is 0 Å². The summed E-state index contributed by atoms with van der Waals surface area (Å²) in [6.45, 7) is 0. The zero-order chi connectivity index (χ0) is 11.8. The van der Waals surface area contributed by atoms with Crippen molar-refractivity contribution in [3.05, 3.63) is 42.3 Å². The molecule has 0 saturated carbocycles. The van der Waals surface area contributed by atoms with Gasteiger partial charge in [-0.05, 0) is 17.7 Å². The van der Waals surface area contributed by atoms with Crippen molar-refractivity contribution in [1.82, 2.24) is 9.97 Å². The normalized spacial score (nSPS) is 12.6. The molecule has 1 heterocycles. The van der Waals surface area contributed by atoms with Crippen LogP contribution in [-0.2, 0) is 6.18 Å². The summed E-state index contributed by atoms with van der Waals surface area (Å²) in [5.41, 5.74) is 0.402. The smallest absolute Gasteiger partial charge is 0.345 e. The van der Waals surface area contributed by atoms with Crippen LogP contribution in [0, 0.1) is 0 Å². The molecule has 0 unspecified atom stereocenters. The second kappa shape index (κ2) is 3.42. The Hall–Kier alpha value is -1.78. The van der Waals surface area contributed by atoms with Gasteiger partial charge in [-0.2, -0.15) is 13.2 Å². The van der Waals surface area contributed by atoms with E-state index in [0.717, 1.165) is 12.1 Å². The van der Waals surface area contributed by atoms with Crippen LogP contribution in [0.5, 0.6) is 0 Å². The molecule has 0 amide bonds. The molecule has 0 saturated heterocycles. The Labute approximate surface area is 85.2 Å². The number of nitrogens with one attached hydrogen (secondary N) is 1. The van der Waals surface area contributed by atoms with Crippen molar-refractivity contribution < 1.29 is 14.5 Å². The minimum Gasteiger partial charge on any atom is -0.345 e. The highest BCUT2D eigenvalue weighted by Crippen LogP contribution is 2.30. The number of aromatic amines is 1. The van der Waals surface area contributed by atoms with E-state index >= 15 is 0 Å². The number of hydrogen-bond donors (Lipinski definition) is 1. The number of nitrogens with zero attached hydrogens (tertiary/aromatic N) is 1. The molecule has 0 spiro atoms. The van der Waals surface area contributed by atoms with Gasteiger partial charge in [0.15, 0.2) is 0 Å². The second-order valence-electron chi connectivity index (χ2n) is 2.98. The van der Waals surface area contributed by atoms with Crippen molar-refractivity contribution in [2.45, 2.75) is 6.18 Å². The summed E-state index contributed by atoms with van der Waals surface area (Å²) in [5, 5.41) is 0. The lowest BCUT2D eigenvalue weighted by Gasteiger charge is -2.06. The van der Waals surface area contributed by atoms with Crippen molar-refractivity contribution in [3.63, 3.8) is 0 Å². The molecule has 1 aromatic heterocycles. The van der Waals surface area contributed by atoms with Crippen molar-refractivity contribution in [2.24, 2.45) is 0 Å². The molecule has 2 rings (SSSR count). The second-order valence-corrected chi connectivity index (χ2v) is 2.98. The Morgan fingerprint density at radius 2 is 1.87 bits per heavy atom. The number of hydrogen-bond acceptors (Lipinski definition) is 1. The molecular formula is C10H7F3N2. The summed E-state index contributed by atoms with van der Waals surface area (Å²) in [5.74, 6) is 0. The monoisotopic (exact) mass is 213 g/mol. The highest BCUT2D eigenvalue weighted by molar-refractivity contribution is 5.58. The van der Waals surface area contributed by atoms with Gasteiger partial charge < -0.3 is 4.98 Å². The van der Waals surface area contributed by atoms with Gasteiger partial charge in [0.25, 0.3) is 0 Å². The zero-order valence-corrected chi connectivity index (χ0v) is 7.47. The topological polar surface area (TPSA) is 28.7 Å². The van der Waals surface area contributed by atoms with Gasteiger partial charge in [0.05, 0.1) is 23.8 Å². The van der Waals surface area contributed by atoms with Gasteiger partial charge in [0.2, 0.25) is 0 Å². The summed E-state index contributed by atoms with van der Waals surface area (Å²) in [6, 6.07) is 4.69. The van der Waals surface area contributed by atoms with E-state index in [4.69, 9.17) is 1.37 Å². The molecule has 0 radical (unpaired) electrons. The van der Waals surface area contributed by atoms with Gasteiger partial charge >= 0.3 is 6.18 Å². The third kappa shape index (κ3) is 2.01. The lowest BCUT2D eigenvalue weighted by molar-refractivity contribution is -0.137. The van der Waals surface area contributed by atoms with E-state index in [0.29, 0.717) is 11.3 Å². The van der Waals surface area contributed by atoms with E-state index < -0.39 is 11.7 Å². The molecule has 0 atom stereocenters. The van der Waals surface area contributed by atoms with Crippen LogP contribution in [-0.4, -0.2) is 9.97 Å². The summed E-state index contributed by atoms with van der Waals surface area (Å²) in [7, 11) is 0. The van der Waals surface area contributed by atoms with Crippen LogP contribution in [0.1, 0.15) is 6.93 Å². The fourth-order valence-electron chi connectivity index (χ4n) is 1.21.